The van der Waals surface area contributed by atoms with Crippen molar-refractivity contribution in [2.24, 2.45) is 0 Å². The summed E-state index contributed by atoms with van der Waals surface area (Å²) in [6, 6.07) is 16.7. The molecule has 3 heterocycles. The van der Waals surface area contributed by atoms with Crippen LogP contribution < -0.4 is 10.2 Å². The van der Waals surface area contributed by atoms with E-state index in [4.69, 9.17) is 4.74 Å². The van der Waals surface area contributed by atoms with Crippen molar-refractivity contribution < 1.29 is 29.0 Å². The molecule has 0 aliphatic carbocycles. The lowest BCUT2D eigenvalue weighted by atomic mass is 9.98. The number of carbonyl (C=O) groups excluding carboxylic acids is 3. The normalized spacial score (nSPS) is 15.6. The van der Waals surface area contributed by atoms with Gasteiger partial charge in [0.05, 0.1) is 12.1 Å². The number of piperazine rings is 1. The number of aromatic nitrogens is 1. The number of anilines is 1. The maximum atomic E-state index is 13.6. The molecule has 2 N–H and O–H groups in total. The van der Waals surface area contributed by atoms with E-state index in [0.717, 1.165) is 24.0 Å². The van der Waals surface area contributed by atoms with E-state index in [1.54, 1.807) is 17.9 Å². The fourth-order valence-corrected chi connectivity index (χ4v) is 5.54. The fourth-order valence-electron chi connectivity index (χ4n) is 5.54. The second kappa shape index (κ2) is 12.9. The van der Waals surface area contributed by atoms with Crippen LogP contribution >= 0.6 is 0 Å². The summed E-state index contributed by atoms with van der Waals surface area (Å²) >= 11 is 0. The van der Waals surface area contributed by atoms with Gasteiger partial charge in [-0.2, -0.15) is 0 Å². The van der Waals surface area contributed by atoms with Gasteiger partial charge in [0.2, 0.25) is 5.91 Å². The molecular formula is C31H35N5O6. The highest BCUT2D eigenvalue weighted by molar-refractivity contribution is 6.01. The lowest BCUT2D eigenvalue weighted by Gasteiger charge is -2.36. The monoisotopic (exact) mass is 573 g/mol. The Balaban J connectivity index is 1.36. The fraction of sp³-hybridized carbons (Fsp3) is 0.387. The Bertz CT molecular complexity index is 1490. The number of carboxylic acids is 1. The summed E-state index contributed by atoms with van der Waals surface area (Å²) in [5.41, 5.74) is 4.24. The van der Waals surface area contributed by atoms with Crippen molar-refractivity contribution in [3.05, 3.63) is 71.4 Å². The quantitative estimate of drug-likeness (QED) is 0.420. The van der Waals surface area contributed by atoms with Gasteiger partial charge in [-0.05, 0) is 43.0 Å². The molecule has 11 heteroatoms. The summed E-state index contributed by atoms with van der Waals surface area (Å²) in [7, 11) is 0. The van der Waals surface area contributed by atoms with E-state index in [1.807, 2.05) is 36.4 Å². The minimum atomic E-state index is -1.06. The van der Waals surface area contributed by atoms with Crippen LogP contribution in [0.1, 0.15) is 41.4 Å². The van der Waals surface area contributed by atoms with Crippen molar-refractivity contribution in [3.8, 4) is 0 Å². The molecule has 3 amide bonds. The van der Waals surface area contributed by atoms with Crippen molar-refractivity contribution in [2.45, 2.75) is 38.8 Å². The summed E-state index contributed by atoms with van der Waals surface area (Å²) in [6.07, 6.45) is 0.0872. The van der Waals surface area contributed by atoms with E-state index in [2.05, 4.69) is 27.3 Å². The number of para-hydroxylation sites is 1. The van der Waals surface area contributed by atoms with Crippen LogP contribution in [-0.4, -0.2) is 89.1 Å². The summed E-state index contributed by atoms with van der Waals surface area (Å²) in [6.45, 7) is 4.56. The van der Waals surface area contributed by atoms with Gasteiger partial charge in [-0.15, -0.1) is 0 Å². The molecule has 0 saturated carbocycles. The molecule has 42 heavy (non-hydrogen) atoms. The Morgan fingerprint density at radius 2 is 1.64 bits per heavy atom. The van der Waals surface area contributed by atoms with Crippen molar-refractivity contribution in [3.63, 3.8) is 0 Å². The second-order valence-corrected chi connectivity index (χ2v) is 10.5. The smallest absolute Gasteiger partial charge is 0.409 e. The number of carboxylic acid groups (broad SMARTS) is 1. The average Bonchev–Trinajstić information content (AvgIpc) is 3.02. The largest absolute Gasteiger partial charge is 0.481 e. The number of amides is 3. The molecule has 0 unspecified atom stereocenters. The highest BCUT2D eigenvalue weighted by Crippen LogP contribution is 2.31. The number of benzene rings is 2. The summed E-state index contributed by atoms with van der Waals surface area (Å²) in [4.78, 5) is 60.4. The van der Waals surface area contributed by atoms with Crippen molar-refractivity contribution in [1.82, 2.24) is 20.1 Å². The lowest BCUT2D eigenvalue weighted by Crippen LogP contribution is -2.56. The number of aliphatic carboxylic acids is 1. The second-order valence-electron chi connectivity index (χ2n) is 10.5. The van der Waals surface area contributed by atoms with Gasteiger partial charge < -0.3 is 29.9 Å². The molecule has 2 aliphatic rings. The molecule has 0 spiro atoms. The number of carbonyl (C=O) groups is 4. The van der Waals surface area contributed by atoms with Crippen molar-refractivity contribution in [2.75, 3.05) is 44.2 Å². The number of hydrogen-bond acceptors (Lipinski definition) is 7. The Labute approximate surface area is 244 Å². The SMILES string of the molecule is CCOC(=O)N1CCN(C(=O)[C@H](CCC(=O)O)NC(=O)c2cc(N3CCc4ccccc4C3)c3ccccc3n2)CC1. The van der Waals surface area contributed by atoms with Crippen LogP contribution in [0.2, 0.25) is 0 Å². The van der Waals surface area contributed by atoms with E-state index < -0.39 is 24.0 Å². The van der Waals surface area contributed by atoms with Gasteiger partial charge in [-0.3, -0.25) is 14.4 Å². The highest BCUT2D eigenvalue weighted by atomic mass is 16.6. The zero-order chi connectivity index (χ0) is 29.6. The maximum Gasteiger partial charge on any atom is 0.409 e. The van der Waals surface area contributed by atoms with Crippen LogP contribution in [0.3, 0.4) is 0 Å². The van der Waals surface area contributed by atoms with E-state index in [-0.39, 0.29) is 44.1 Å². The number of hydrogen-bond donors (Lipinski definition) is 2. The predicted molar refractivity (Wildman–Crippen MR) is 156 cm³/mol. The first-order chi connectivity index (χ1) is 20.3. The topological polar surface area (TPSA) is 132 Å². The Morgan fingerprint density at radius 1 is 0.952 bits per heavy atom. The zero-order valence-electron chi connectivity index (χ0n) is 23.6. The van der Waals surface area contributed by atoms with Gasteiger partial charge in [-0.1, -0.05) is 42.5 Å². The molecule has 0 radical (unpaired) electrons. The molecule has 1 aromatic heterocycles. The van der Waals surface area contributed by atoms with Crippen LogP contribution in [0.4, 0.5) is 10.5 Å². The third kappa shape index (κ3) is 6.45. The summed E-state index contributed by atoms with van der Waals surface area (Å²) in [5, 5.41) is 13.0. The van der Waals surface area contributed by atoms with E-state index in [0.29, 0.717) is 25.2 Å². The molecule has 0 bridgehead atoms. The third-order valence-corrected chi connectivity index (χ3v) is 7.77. The summed E-state index contributed by atoms with van der Waals surface area (Å²) in [5.74, 6) is -2.00. The van der Waals surface area contributed by atoms with Crippen LogP contribution in [0.5, 0.6) is 0 Å². The maximum absolute atomic E-state index is 13.6. The molecule has 220 valence electrons. The van der Waals surface area contributed by atoms with Crippen LogP contribution in [0.15, 0.2) is 54.6 Å². The number of pyridine rings is 1. The van der Waals surface area contributed by atoms with Gasteiger partial charge in [0.25, 0.3) is 5.91 Å². The molecule has 2 aliphatic heterocycles. The predicted octanol–water partition coefficient (Wildman–Crippen LogP) is 3.06. The Morgan fingerprint density at radius 3 is 2.38 bits per heavy atom. The van der Waals surface area contributed by atoms with Gasteiger partial charge in [0.15, 0.2) is 0 Å². The average molecular weight is 574 g/mol. The zero-order valence-corrected chi connectivity index (χ0v) is 23.6. The molecule has 1 saturated heterocycles. The highest BCUT2D eigenvalue weighted by Gasteiger charge is 2.31. The van der Waals surface area contributed by atoms with E-state index in [1.165, 1.54) is 16.0 Å². The first-order valence-corrected chi connectivity index (χ1v) is 14.3. The number of fused-ring (bicyclic) bond motifs is 2. The standard InChI is InChI=1S/C31H35N5O6/c1-2-42-31(41)35-17-15-34(16-18-35)30(40)25(11-12-28(37)38)33-29(39)26-19-27(23-9-5-6-10-24(23)32-26)36-14-13-21-7-3-4-8-22(21)20-36/h3-10,19,25H,2,11-18,20H2,1H3,(H,33,39)(H,37,38)/t25-/m0/s1. The van der Waals surface area contributed by atoms with Crippen LogP contribution in [-0.2, 0) is 27.3 Å². The summed E-state index contributed by atoms with van der Waals surface area (Å²) < 4.78 is 5.04. The van der Waals surface area contributed by atoms with Gasteiger partial charge in [0.1, 0.15) is 11.7 Å². The van der Waals surface area contributed by atoms with Gasteiger partial charge in [0, 0.05) is 56.8 Å². The number of nitrogens with one attached hydrogen (secondary N) is 1. The first-order valence-electron chi connectivity index (χ1n) is 14.3. The van der Waals surface area contributed by atoms with Crippen molar-refractivity contribution >= 4 is 40.5 Å². The minimum absolute atomic E-state index is 0.0681. The molecule has 11 nitrogen and oxygen atoms in total. The van der Waals surface area contributed by atoms with Gasteiger partial charge >= 0.3 is 12.1 Å². The first kappa shape index (κ1) is 28.8. The molecule has 5 rings (SSSR count). The molecule has 2 aromatic carbocycles. The van der Waals surface area contributed by atoms with E-state index >= 15 is 0 Å². The number of ether oxygens (including phenoxy) is 1. The van der Waals surface area contributed by atoms with Crippen LogP contribution in [0, 0.1) is 0 Å². The van der Waals surface area contributed by atoms with Gasteiger partial charge in [-0.25, -0.2) is 9.78 Å². The molecule has 3 aromatic rings. The molecule has 1 atom stereocenters. The Kier molecular flexibility index (Phi) is 8.85. The lowest BCUT2D eigenvalue weighted by molar-refractivity contribution is -0.138. The molecule has 1 fully saturated rings. The number of rotatable bonds is 8. The van der Waals surface area contributed by atoms with Crippen molar-refractivity contribution in [1.29, 1.82) is 0 Å². The van der Waals surface area contributed by atoms with E-state index in [9.17, 15) is 24.3 Å². The van der Waals surface area contributed by atoms with Crippen LogP contribution in [0.25, 0.3) is 10.9 Å². The number of nitrogens with zero attached hydrogens (tertiary/aromatic N) is 4. The Hall–Kier alpha value is -4.67. The molecular weight excluding hydrogens is 538 g/mol. The minimum Gasteiger partial charge on any atom is -0.481 e. The third-order valence-electron chi connectivity index (χ3n) is 7.77.